The molecular weight excluding hydrogens is 236 g/mol. The Morgan fingerprint density at radius 1 is 1.44 bits per heavy atom. The number of anilines is 1. The Morgan fingerprint density at radius 2 is 2.06 bits per heavy atom. The molecule has 1 rings (SSSR count). The molecule has 0 atom stereocenters. The molecule has 16 heavy (non-hydrogen) atoms. The molecule has 1 aromatic rings. The van der Waals surface area contributed by atoms with Gasteiger partial charge in [-0.3, -0.25) is 0 Å². The number of ether oxygens (including phenoxy) is 1. The van der Waals surface area contributed by atoms with E-state index in [0.717, 1.165) is 0 Å². The molecule has 0 saturated carbocycles. The van der Waals surface area contributed by atoms with E-state index < -0.39 is 11.5 Å². The van der Waals surface area contributed by atoms with Crippen LogP contribution < -0.4 is 10.1 Å². The first kappa shape index (κ1) is 12.4. The molecule has 0 fully saturated rings. The van der Waals surface area contributed by atoms with Gasteiger partial charge in [-0.2, -0.15) is 15.0 Å². The number of carboxylic acids is 1. The first-order valence-corrected chi connectivity index (χ1v) is 4.70. The van der Waals surface area contributed by atoms with Crippen LogP contribution in [-0.4, -0.2) is 38.7 Å². The molecule has 8 heteroatoms. The maximum atomic E-state index is 10.9. The minimum absolute atomic E-state index is 0.0173. The van der Waals surface area contributed by atoms with Gasteiger partial charge >= 0.3 is 12.0 Å². The van der Waals surface area contributed by atoms with Gasteiger partial charge in [0.2, 0.25) is 11.2 Å². The summed E-state index contributed by atoms with van der Waals surface area (Å²) in [7, 11) is 1.37. The summed E-state index contributed by atoms with van der Waals surface area (Å²) in [6.45, 7) is 2.94. The number of aliphatic carboxylic acids is 1. The summed E-state index contributed by atoms with van der Waals surface area (Å²) >= 11 is 5.61. The molecule has 0 amide bonds. The van der Waals surface area contributed by atoms with Crippen LogP contribution in [-0.2, 0) is 4.79 Å². The van der Waals surface area contributed by atoms with Gasteiger partial charge in [0.05, 0.1) is 7.11 Å². The first-order chi connectivity index (χ1) is 7.35. The smallest absolute Gasteiger partial charge is 0.328 e. The monoisotopic (exact) mass is 246 g/mol. The van der Waals surface area contributed by atoms with Crippen LogP contribution in [0.25, 0.3) is 0 Å². The van der Waals surface area contributed by atoms with Gasteiger partial charge in [-0.1, -0.05) is 0 Å². The zero-order valence-electron chi connectivity index (χ0n) is 8.98. The van der Waals surface area contributed by atoms with Gasteiger partial charge in [-0.15, -0.1) is 0 Å². The van der Waals surface area contributed by atoms with Gasteiger partial charge < -0.3 is 15.2 Å². The molecule has 0 spiro atoms. The highest BCUT2D eigenvalue weighted by Crippen LogP contribution is 2.15. The highest BCUT2D eigenvalue weighted by atomic mass is 35.5. The third-order valence-electron chi connectivity index (χ3n) is 1.73. The van der Waals surface area contributed by atoms with Crippen molar-refractivity contribution in [1.82, 2.24) is 15.0 Å². The quantitative estimate of drug-likeness (QED) is 0.811. The molecule has 0 bridgehead atoms. The van der Waals surface area contributed by atoms with Crippen molar-refractivity contribution in [3.63, 3.8) is 0 Å². The van der Waals surface area contributed by atoms with E-state index in [4.69, 9.17) is 21.4 Å². The number of carbonyl (C=O) groups is 1. The Hall–Kier alpha value is -1.63. The molecule has 1 heterocycles. The largest absolute Gasteiger partial charge is 0.480 e. The van der Waals surface area contributed by atoms with Crippen LogP contribution in [0, 0.1) is 0 Å². The lowest BCUT2D eigenvalue weighted by atomic mass is 10.1. The van der Waals surface area contributed by atoms with Gasteiger partial charge in [0.1, 0.15) is 5.54 Å². The van der Waals surface area contributed by atoms with Crippen molar-refractivity contribution in [2.24, 2.45) is 0 Å². The Labute approximate surface area is 96.8 Å². The number of nitrogens with one attached hydrogen (secondary N) is 1. The SMILES string of the molecule is COc1nc(Cl)nc(NC(C)(C)C(=O)O)n1. The third kappa shape index (κ3) is 2.93. The van der Waals surface area contributed by atoms with Crippen molar-refractivity contribution >= 4 is 23.5 Å². The number of hydrogen-bond acceptors (Lipinski definition) is 6. The Bertz CT molecular complexity index is 410. The molecule has 1 aromatic heterocycles. The van der Waals surface area contributed by atoms with Crippen molar-refractivity contribution in [2.75, 3.05) is 12.4 Å². The van der Waals surface area contributed by atoms with Crippen LogP contribution in [0.15, 0.2) is 0 Å². The number of hydrogen-bond donors (Lipinski definition) is 2. The number of carboxylic acid groups (broad SMARTS) is 1. The second kappa shape index (κ2) is 4.48. The molecule has 0 aliphatic rings. The van der Waals surface area contributed by atoms with Gasteiger partial charge in [-0.05, 0) is 25.4 Å². The predicted octanol–water partition coefficient (Wildman–Crippen LogP) is 0.809. The van der Waals surface area contributed by atoms with Crippen LogP contribution in [0.2, 0.25) is 5.28 Å². The van der Waals surface area contributed by atoms with Crippen LogP contribution >= 0.6 is 11.6 Å². The van der Waals surface area contributed by atoms with Crippen molar-refractivity contribution in [1.29, 1.82) is 0 Å². The average molecular weight is 247 g/mol. The Morgan fingerprint density at radius 3 is 2.56 bits per heavy atom. The molecular formula is C8H11ClN4O3. The Balaban J connectivity index is 2.97. The van der Waals surface area contributed by atoms with Crippen LogP contribution in [0.1, 0.15) is 13.8 Å². The third-order valence-corrected chi connectivity index (χ3v) is 1.90. The Kier molecular flexibility index (Phi) is 3.48. The maximum absolute atomic E-state index is 10.9. The van der Waals surface area contributed by atoms with Crippen molar-refractivity contribution in [3.8, 4) is 6.01 Å². The standard InChI is InChI=1S/C8H11ClN4O3/c1-8(2,4(14)15)13-6-10-5(9)11-7(12-6)16-3/h1-3H3,(H,14,15)(H,10,11,12,13). The van der Waals surface area contributed by atoms with Gasteiger partial charge in [-0.25, -0.2) is 4.79 Å². The van der Waals surface area contributed by atoms with E-state index in [2.05, 4.69) is 20.3 Å². The highest BCUT2D eigenvalue weighted by molar-refractivity contribution is 6.28. The van der Waals surface area contributed by atoms with Crippen molar-refractivity contribution in [3.05, 3.63) is 5.28 Å². The second-order valence-electron chi connectivity index (χ2n) is 3.47. The average Bonchev–Trinajstić information content (AvgIpc) is 2.15. The number of methoxy groups -OCH3 is 1. The second-order valence-corrected chi connectivity index (χ2v) is 3.81. The number of aromatic nitrogens is 3. The zero-order valence-corrected chi connectivity index (χ0v) is 9.74. The molecule has 0 aromatic carbocycles. The predicted molar refractivity (Wildman–Crippen MR) is 56.7 cm³/mol. The van der Waals surface area contributed by atoms with Crippen LogP contribution in [0.3, 0.4) is 0 Å². The molecule has 0 saturated heterocycles. The van der Waals surface area contributed by atoms with Crippen molar-refractivity contribution in [2.45, 2.75) is 19.4 Å². The highest BCUT2D eigenvalue weighted by Gasteiger charge is 2.28. The molecule has 88 valence electrons. The number of rotatable bonds is 4. The van der Waals surface area contributed by atoms with E-state index >= 15 is 0 Å². The number of halogens is 1. The van der Waals surface area contributed by atoms with E-state index in [1.165, 1.54) is 21.0 Å². The summed E-state index contributed by atoms with van der Waals surface area (Å²) in [6.07, 6.45) is 0. The molecule has 0 radical (unpaired) electrons. The fourth-order valence-electron chi connectivity index (χ4n) is 0.812. The van der Waals surface area contributed by atoms with E-state index in [0.29, 0.717) is 0 Å². The normalized spacial score (nSPS) is 11.0. The number of nitrogens with zero attached hydrogens (tertiary/aromatic N) is 3. The lowest BCUT2D eigenvalue weighted by Crippen LogP contribution is -2.40. The molecule has 2 N–H and O–H groups in total. The van der Waals surface area contributed by atoms with Gasteiger partial charge in [0.25, 0.3) is 0 Å². The molecule has 7 nitrogen and oxygen atoms in total. The summed E-state index contributed by atoms with van der Waals surface area (Å²) in [4.78, 5) is 22.1. The van der Waals surface area contributed by atoms with Crippen LogP contribution in [0.5, 0.6) is 6.01 Å². The fourth-order valence-corrected chi connectivity index (χ4v) is 0.964. The van der Waals surface area contributed by atoms with E-state index in [-0.39, 0.29) is 17.2 Å². The molecule has 0 unspecified atom stereocenters. The van der Waals surface area contributed by atoms with E-state index in [1.54, 1.807) is 0 Å². The van der Waals surface area contributed by atoms with E-state index in [1.807, 2.05) is 0 Å². The summed E-state index contributed by atoms with van der Waals surface area (Å²) in [5, 5.41) is 11.4. The lowest BCUT2D eigenvalue weighted by Gasteiger charge is -2.20. The lowest BCUT2D eigenvalue weighted by molar-refractivity contribution is -0.141. The summed E-state index contributed by atoms with van der Waals surface area (Å²) < 4.78 is 4.78. The summed E-state index contributed by atoms with van der Waals surface area (Å²) in [5.41, 5.74) is -1.21. The topological polar surface area (TPSA) is 97.2 Å². The summed E-state index contributed by atoms with van der Waals surface area (Å²) in [5.74, 6) is -0.993. The zero-order chi connectivity index (χ0) is 12.3. The van der Waals surface area contributed by atoms with Crippen molar-refractivity contribution < 1.29 is 14.6 Å². The van der Waals surface area contributed by atoms with Gasteiger partial charge in [0, 0.05) is 0 Å². The minimum atomic E-state index is -1.21. The van der Waals surface area contributed by atoms with Crippen LogP contribution in [0.4, 0.5) is 5.95 Å². The first-order valence-electron chi connectivity index (χ1n) is 4.32. The fraction of sp³-hybridized carbons (Fsp3) is 0.500. The summed E-state index contributed by atoms with van der Waals surface area (Å²) in [6, 6.07) is 0.0173. The minimum Gasteiger partial charge on any atom is -0.480 e. The van der Waals surface area contributed by atoms with Gasteiger partial charge in [0.15, 0.2) is 0 Å². The molecule has 0 aliphatic heterocycles. The maximum Gasteiger partial charge on any atom is 0.328 e. The van der Waals surface area contributed by atoms with E-state index in [9.17, 15) is 4.79 Å². The molecule has 0 aliphatic carbocycles.